The Morgan fingerprint density at radius 1 is 1.21 bits per heavy atom. The Morgan fingerprint density at radius 2 is 1.97 bits per heavy atom. The Labute approximate surface area is 204 Å². The molecule has 7 heteroatoms. The number of thiophene rings is 1. The normalized spacial score (nSPS) is 11.9. The fourth-order valence-corrected chi connectivity index (χ4v) is 4.98. The molecular formula is C26H30ClNO4S. The molecule has 176 valence electrons. The molecule has 3 aromatic rings. The summed E-state index contributed by atoms with van der Waals surface area (Å²) in [6.45, 7) is 2.62. The van der Waals surface area contributed by atoms with Gasteiger partial charge in [-0.1, -0.05) is 48.9 Å². The van der Waals surface area contributed by atoms with Crippen LogP contribution in [0.3, 0.4) is 0 Å². The molecule has 2 N–H and O–H groups in total. The summed E-state index contributed by atoms with van der Waals surface area (Å²) in [6.07, 6.45) is 1.14. The first-order chi connectivity index (χ1) is 16.0. The second-order valence-corrected chi connectivity index (χ2v) is 9.27. The first-order valence-electron chi connectivity index (χ1n) is 11.0. The largest absolute Gasteiger partial charge is 0.493 e. The van der Waals surface area contributed by atoms with E-state index in [4.69, 9.17) is 21.1 Å². The summed E-state index contributed by atoms with van der Waals surface area (Å²) in [5.74, 6) is 0.989. The zero-order valence-electron chi connectivity index (χ0n) is 19.2. The SMILES string of the molecule is CCc1sc(C(=O)CCc2cc(Cl)c(OCC(O)CNC)c(OC)c2)cc1-c1ccccc1. The van der Waals surface area contributed by atoms with Crippen molar-refractivity contribution in [1.29, 1.82) is 0 Å². The number of ketones is 1. The van der Waals surface area contributed by atoms with Crippen molar-refractivity contribution < 1.29 is 19.4 Å². The van der Waals surface area contributed by atoms with Crippen LogP contribution in [0.4, 0.5) is 0 Å². The first-order valence-corrected chi connectivity index (χ1v) is 12.2. The van der Waals surface area contributed by atoms with E-state index >= 15 is 0 Å². The van der Waals surface area contributed by atoms with E-state index in [0.29, 0.717) is 35.9 Å². The van der Waals surface area contributed by atoms with Crippen LogP contribution in [0.15, 0.2) is 48.5 Å². The summed E-state index contributed by atoms with van der Waals surface area (Å²) in [6, 6.07) is 15.8. The molecule has 0 aliphatic heterocycles. The number of hydrogen-bond donors (Lipinski definition) is 2. The van der Waals surface area contributed by atoms with Gasteiger partial charge in [-0.15, -0.1) is 11.3 Å². The highest BCUT2D eigenvalue weighted by atomic mass is 35.5. The zero-order valence-corrected chi connectivity index (χ0v) is 20.8. The molecule has 0 aliphatic rings. The van der Waals surface area contributed by atoms with Crippen LogP contribution in [0.5, 0.6) is 11.5 Å². The Bertz CT molecular complexity index is 1070. The van der Waals surface area contributed by atoms with Gasteiger partial charge < -0.3 is 19.9 Å². The number of benzene rings is 2. The van der Waals surface area contributed by atoms with E-state index in [9.17, 15) is 9.90 Å². The van der Waals surface area contributed by atoms with Crippen molar-refractivity contribution in [2.75, 3.05) is 27.3 Å². The number of Topliss-reactive ketones (excluding diaryl/α,β-unsaturated/α-hetero) is 1. The topological polar surface area (TPSA) is 67.8 Å². The molecule has 0 bridgehead atoms. The number of methoxy groups -OCH3 is 1. The van der Waals surface area contributed by atoms with Crippen molar-refractivity contribution in [1.82, 2.24) is 5.32 Å². The third kappa shape index (κ3) is 6.58. The minimum atomic E-state index is -0.660. The van der Waals surface area contributed by atoms with Crippen molar-refractivity contribution in [3.8, 4) is 22.6 Å². The van der Waals surface area contributed by atoms with Crippen LogP contribution in [0.1, 0.15) is 33.5 Å². The fourth-order valence-electron chi connectivity index (χ4n) is 3.60. The lowest BCUT2D eigenvalue weighted by atomic mass is 10.0. The molecule has 0 amide bonds. The average Bonchev–Trinajstić information content (AvgIpc) is 3.27. The third-order valence-electron chi connectivity index (χ3n) is 5.28. The van der Waals surface area contributed by atoms with Crippen LogP contribution in [0.2, 0.25) is 5.02 Å². The molecule has 5 nitrogen and oxygen atoms in total. The summed E-state index contributed by atoms with van der Waals surface area (Å²) in [5.41, 5.74) is 3.17. The summed E-state index contributed by atoms with van der Waals surface area (Å²) in [4.78, 5) is 15.0. The lowest BCUT2D eigenvalue weighted by molar-refractivity contribution is 0.0986. The van der Waals surface area contributed by atoms with Gasteiger partial charge in [-0.05, 0) is 54.8 Å². The number of aliphatic hydroxyl groups is 1. The predicted octanol–water partition coefficient (Wildman–Crippen LogP) is 5.41. The maximum Gasteiger partial charge on any atom is 0.179 e. The Hall–Kier alpha value is -2.38. The molecule has 0 radical (unpaired) electrons. The summed E-state index contributed by atoms with van der Waals surface area (Å²) < 4.78 is 11.1. The van der Waals surface area contributed by atoms with Gasteiger partial charge in [0.15, 0.2) is 17.3 Å². The number of aliphatic hydroxyl groups excluding tert-OH is 1. The van der Waals surface area contributed by atoms with E-state index in [1.54, 1.807) is 31.6 Å². The number of nitrogens with one attached hydrogen (secondary N) is 1. The molecule has 2 aromatic carbocycles. The van der Waals surface area contributed by atoms with E-state index in [-0.39, 0.29) is 12.4 Å². The van der Waals surface area contributed by atoms with Gasteiger partial charge in [0.25, 0.3) is 0 Å². The van der Waals surface area contributed by atoms with Crippen LogP contribution in [0.25, 0.3) is 11.1 Å². The lowest BCUT2D eigenvalue weighted by Crippen LogP contribution is -2.29. The molecule has 0 fully saturated rings. The summed E-state index contributed by atoms with van der Waals surface area (Å²) in [7, 11) is 3.30. The Kier molecular flexibility index (Phi) is 9.32. The molecule has 1 atom stereocenters. The number of halogens is 1. The second kappa shape index (κ2) is 12.2. The first kappa shape index (κ1) is 25.2. The van der Waals surface area contributed by atoms with Crippen molar-refractivity contribution in [3.05, 3.63) is 68.9 Å². The number of carbonyl (C=O) groups excluding carboxylic acids is 1. The maximum absolute atomic E-state index is 13.0. The molecular weight excluding hydrogens is 458 g/mol. The molecule has 0 spiro atoms. The fraction of sp³-hybridized carbons (Fsp3) is 0.346. The van der Waals surface area contributed by atoms with Crippen LogP contribution in [0, 0.1) is 0 Å². The minimum absolute atomic E-state index is 0.0939. The van der Waals surface area contributed by atoms with E-state index < -0.39 is 6.10 Å². The second-order valence-electron chi connectivity index (χ2n) is 7.72. The molecule has 0 aliphatic carbocycles. The quantitative estimate of drug-likeness (QED) is 0.334. The monoisotopic (exact) mass is 487 g/mol. The maximum atomic E-state index is 13.0. The summed E-state index contributed by atoms with van der Waals surface area (Å²) >= 11 is 8.01. The molecule has 1 heterocycles. The number of likely N-dealkylation sites (N-methyl/N-ethyl adjacent to an activating group) is 1. The molecule has 33 heavy (non-hydrogen) atoms. The van der Waals surface area contributed by atoms with E-state index in [1.807, 2.05) is 30.3 Å². The number of hydrogen-bond acceptors (Lipinski definition) is 6. The Morgan fingerprint density at radius 3 is 2.64 bits per heavy atom. The van der Waals surface area contributed by atoms with Crippen molar-refractivity contribution >= 4 is 28.7 Å². The van der Waals surface area contributed by atoms with Crippen LogP contribution in [-0.4, -0.2) is 44.3 Å². The van der Waals surface area contributed by atoms with Crippen molar-refractivity contribution in [2.24, 2.45) is 0 Å². The lowest BCUT2D eigenvalue weighted by Gasteiger charge is -2.16. The van der Waals surface area contributed by atoms with Crippen molar-refractivity contribution in [3.63, 3.8) is 0 Å². The van der Waals surface area contributed by atoms with Gasteiger partial charge >= 0.3 is 0 Å². The highest BCUT2D eigenvalue weighted by Gasteiger charge is 2.17. The number of ether oxygens (including phenoxy) is 2. The highest BCUT2D eigenvalue weighted by Crippen LogP contribution is 2.37. The van der Waals surface area contributed by atoms with E-state index in [2.05, 4.69) is 24.4 Å². The Balaban J connectivity index is 1.70. The van der Waals surface area contributed by atoms with Gasteiger partial charge in [-0.2, -0.15) is 0 Å². The molecule has 0 saturated heterocycles. The van der Waals surface area contributed by atoms with Gasteiger partial charge in [0.1, 0.15) is 12.7 Å². The van der Waals surface area contributed by atoms with Gasteiger partial charge in [-0.25, -0.2) is 0 Å². The zero-order chi connectivity index (χ0) is 23.8. The predicted molar refractivity (Wildman–Crippen MR) is 135 cm³/mol. The number of aryl methyl sites for hydroxylation is 2. The average molecular weight is 488 g/mol. The van der Waals surface area contributed by atoms with Gasteiger partial charge in [0.2, 0.25) is 0 Å². The standard InChI is InChI=1S/C26H30ClNO4S/c1-4-24-20(18-8-6-5-7-9-18)14-25(33-24)22(30)11-10-17-12-21(27)26(23(13-17)31-3)32-16-19(29)15-28-2/h5-9,12-14,19,28-29H,4,10-11,15-16H2,1-3H3. The van der Waals surface area contributed by atoms with Gasteiger partial charge in [0, 0.05) is 17.8 Å². The highest BCUT2D eigenvalue weighted by molar-refractivity contribution is 7.14. The van der Waals surface area contributed by atoms with Crippen LogP contribution < -0.4 is 14.8 Å². The third-order valence-corrected chi connectivity index (χ3v) is 6.88. The van der Waals surface area contributed by atoms with E-state index in [0.717, 1.165) is 28.0 Å². The molecule has 1 aromatic heterocycles. The summed E-state index contributed by atoms with van der Waals surface area (Å²) in [5, 5.41) is 13.2. The molecule has 0 saturated carbocycles. The van der Waals surface area contributed by atoms with Crippen LogP contribution in [-0.2, 0) is 12.8 Å². The molecule has 1 unspecified atom stereocenters. The molecule has 3 rings (SSSR count). The van der Waals surface area contributed by atoms with E-state index in [1.165, 1.54) is 4.88 Å². The number of carbonyl (C=O) groups is 1. The van der Waals surface area contributed by atoms with Gasteiger partial charge in [-0.3, -0.25) is 4.79 Å². The van der Waals surface area contributed by atoms with Gasteiger partial charge in [0.05, 0.1) is 17.0 Å². The number of rotatable bonds is 12. The smallest absolute Gasteiger partial charge is 0.179 e. The van der Waals surface area contributed by atoms with Crippen LogP contribution >= 0.6 is 22.9 Å². The minimum Gasteiger partial charge on any atom is -0.493 e. The van der Waals surface area contributed by atoms with Crippen molar-refractivity contribution in [2.45, 2.75) is 32.3 Å².